The summed E-state index contributed by atoms with van der Waals surface area (Å²) >= 11 is 0. The highest BCUT2D eigenvalue weighted by Crippen LogP contribution is 2.21. The molecule has 0 aliphatic heterocycles. The minimum atomic E-state index is -1.83. The van der Waals surface area contributed by atoms with E-state index in [4.69, 9.17) is 8.85 Å². The van der Waals surface area contributed by atoms with Gasteiger partial charge in [0.1, 0.15) is 0 Å². The molecule has 0 rings (SSSR count). The van der Waals surface area contributed by atoms with Crippen LogP contribution in [0.4, 0.5) is 0 Å². The van der Waals surface area contributed by atoms with Crippen LogP contribution in [0.1, 0.15) is 41.0 Å². The average Bonchev–Trinajstić information content (AvgIpc) is 2.17. The Labute approximate surface area is 83.9 Å². The second-order valence-electron chi connectivity index (χ2n) is 3.39. The molecule has 0 saturated heterocycles. The molecular formula is C10H24O2Si. The van der Waals surface area contributed by atoms with E-state index in [1.807, 2.05) is 6.92 Å². The van der Waals surface area contributed by atoms with Crippen molar-refractivity contribution >= 4 is 8.56 Å². The first kappa shape index (κ1) is 13.1. The van der Waals surface area contributed by atoms with Crippen LogP contribution in [0, 0.1) is 0 Å². The van der Waals surface area contributed by atoms with Crippen LogP contribution in [-0.4, -0.2) is 21.3 Å². The van der Waals surface area contributed by atoms with E-state index in [1.165, 1.54) is 0 Å². The number of hydrogen-bond acceptors (Lipinski definition) is 2. The lowest BCUT2D eigenvalue weighted by Gasteiger charge is -2.31. The second kappa shape index (κ2) is 6.57. The molecule has 0 aromatic carbocycles. The lowest BCUT2D eigenvalue weighted by Crippen LogP contribution is -2.43. The molecule has 80 valence electrons. The molecule has 0 aromatic heterocycles. The van der Waals surface area contributed by atoms with Crippen LogP contribution in [0.5, 0.6) is 0 Å². The third-order valence-corrected chi connectivity index (χ3v) is 6.28. The maximum atomic E-state index is 6.04. The highest BCUT2D eigenvalue weighted by Gasteiger charge is 2.34. The van der Waals surface area contributed by atoms with E-state index in [0.29, 0.717) is 6.10 Å². The summed E-state index contributed by atoms with van der Waals surface area (Å²) in [6.45, 7) is 11.5. The summed E-state index contributed by atoms with van der Waals surface area (Å²) in [5.41, 5.74) is 0. The van der Waals surface area contributed by atoms with Crippen molar-refractivity contribution in [2.24, 2.45) is 0 Å². The van der Waals surface area contributed by atoms with E-state index < -0.39 is 8.56 Å². The van der Waals surface area contributed by atoms with Crippen LogP contribution in [0.15, 0.2) is 0 Å². The smallest absolute Gasteiger partial charge is 0.337 e. The SMILES string of the molecule is CCO[Si](CC)(CC)OC(C)CC. The fourth-order valence-electron chi connectivity index (χ4n) is 1.37. The van der Waals surface area contributed by atoms with E-state index in [2.05, 4.69) is 27.7 Å². The van der Waals surface area contributed by atoms with Crippen molar-refractivity contribution in [3.8, 4) is 0 Å². The van der Waals surface area contributed by atoms with Crippen LogP contribution in [0.25, 0.3) is 0 Å². The molecule has 0 fully saturated rings. The summed E-state index contributed by atoms with van der Waals surface area (Å²) in [5.74, 6) is 0. The lowest BCUT2D eigenvalue weighted by atomic mass is 10.3. The fourth-order valence-corrected chi connectivity index (χ4v) is 4.10. The van der Waals surface area contributed by atoms with Crippen molar-refractivity contribution < 1.29 is 8.85 Å². The molecule has 0 aromatic rings. The van der Waals surface area contributed by atoms with Gasteiger partial charge in [0.15, 0.2) is 0 Å². The Morgan fingerprint density at radius 3 is 1.92 bits per heavy atom. The van der Waals surface area contributed by atoms with Gasteiger partial charge in [-0.2, -0.15) is 0 Å². The molecule has 3 heteroatoms. The zero-order valence-corrected chi connectivity index (χ0v) is 10.7. The quantitative estimate of drug-likeness (QED) is 0.592. The Bertz CT molecular complexity index is 124. The summed E-state index contributed by atoms with van der Waals surface area (Å²) in [5, 5.41) is 0. The largest absolute Gasteiger partial charge is 0.394 e. The molecule has 0 spiro atoms. The van der Waals surface area contributed by atoms with Crippen LogP contribution in [0.3, 0.4) is 0 Å². The van der Waals surface area contributed by atoms with Gasteiger partial charge in [0.25, 0.3) is 0 Å². The normalized spacial score (nSPS) is 14.5. The predicted molar refractivity (Wildman–Crippen MR) is 59.2 cm³/mol. The average molecular weight is 204 g/mol. The summed E-state index contributed by atoms with van der Waals surface area (Å²) in [4.78, 5) is 0. The van der Waals surface area contributed by atoms with Gasteiger partial charge >= 0.3 is 8.56 Å². The van der Waals surface area contributed by atoms with Gasteiger partial charge in [0.05, 0.1) is 0 Å². The van der Waals surface area contributed by atoms with Crippen molar-refractivity contribution in [1.82, 2.24) is 0 Å². The zero-order valence-electron chi connectivity index (χ0n) is 9.72. The standard InChI is InChI=1S/C10H24O2Si/c1-6-10(5)12-13(8-3,9-4)11-7-2/h10H,6-9H2,1-5H3. The second-order valence-corrected chi connectivity index (χ2v) is 7.15. The van der Waals surface area contributed by atoms with Crippen LogP contribution < -0.4 is 0 Å². The monoisotopic (exact) mass is 204 g/mol. The van der Waals surface area contributed by atoms with Gasteiger partial charge in [0, 0.05) is 12.7 Å². The van der Waals surface area contributed by atoms with Crippen molar-refractivity contribution in [3.05, 3.63) is 0 Å². The maximum Gasteiger partial charge on any atom is 0.337 e. The topological polar surface area (TPSA) is 18.5 Å². The Morgan fingerprint density at radius 2 is 1.62 bits per heavy atom. The molecule has 0 saturated carbocycles. The van der Waals surface area contributed by atoms with Gasteiger partial charge in [-0.15, -0.1) is 0 Å². The minimum absolute atomic E-state index is 0.345. The third-order valence-electron chi connectivity index (χ3n) is 2.48. The van der Waals surface area contributed by atoms with Gasteiger partial charge in [0.2, 0.25) is 0 Å². The molecule has 0 aliphatic rings. The van der Waals surface area contributed by atoms with E-state index in [0.717, 1.165) is 25.1 Å². The van der Waals surface area contributed by atoms with Gasteiger partial charge in [-0.3, -0.25) is 0 Å². The predicted octanol–water partition coefficient (Wildman–Crippen LogP) is 3.32. The molecule has 0 amide bonds. The number of hydrogen-bond donors (Lipinski definition) is 0. The molecule has 0 aliphatic carbocycles. The third kappa shape index (κ3) is 4.25. The van der Waals surface area contributed by atoms with Crippen molar-refractivity contribution in [1.29, 1.82) is 0 Å². The maximum absolute atomic E-state index is 6.04. The lowest BCUT2D eigenvalue weighted by molar-refractivity contribution is 0.125. The Kier molecular flexibility index (Phi) is 6.64. The van der Waals surface area contributed by atoms with E-state index in [-0.39, 0.29) is 0 Å². The zero-order chi connectivity index (χ0) is 10.3. The molecule has 2 nitrogen and oxygen atoms in total. The van der Waals surface area contributed by atoms with Crippen LogP contribution in [-0.2, 0) is 8.85 Å². The highest BCUT2D eigenvalue weighted by molar-refractivity contribution is 6.67. The van der Waals surface area contributed by atoms with Crippen LogP contribution >= 0.6 is 0 Å². The van der Waals surface area contributed by atoms with Crippen molar-refractivity contribution in [2.45, 2.75) is 59.2 Å². The summed E-state index contributed by atoms with van der Waals surface area (Å²) in [6, 6.07) is 2.11. The van der Waals surface area contributed by atoms with Gasteiger partial charge < -0.3 is 8.85 Å². The summed E-state index contributed by atoms with van der Waals surface area (Å²) in [7, 11) is -1.83. The van der Waals surface area contributed by atoms with E-state index in [1.54, 1.807) is 0 Å². The molecule has 1 atom stereocenters. The molecule has 0 bridgehead atoms. The summed E-state index contributed by atoms with van der Waals surface area (Å²) < 4.78 is 11.9. The van der Waals surface area contributed by atoms with E-state index in [9.17, 15) is 0 Å². The van der Waals surface area contributed by atoms with E-state index >= 15 is 0 Å². The fraction of sp³-hybridized carbons (Fsp3) is 1.00. The Hall–Kier alpha value is 0.137. The van der Waals surface area contributed by atoms with Gasteiger partial charge in [-0.25, -0.2) is 0 Å². The van der Waals surface area contributed by atoms with Crippen molar-refractivity contribution in [3.63, 3.8) is 0 Å². The van der Waals surface area contributed by atoms with Gasteiger partial charge in [-0.1, -0.05) is 20.8 Å². The van der Waals surface area contributed by atoms with Crippen LogP contribution in [0.2, 0.25) is 12.1 Å². The first-order valence-electron chi connectivity index (χ1n) is 5.45. The molecule has 0 N–H and O–H groups in total. The number of rotatable bonds is 7. The first-order chi connectivity index (χ1) is 6.14. The Morgan fingerprint density at radius 1 is 1.08 bits per heavy atom. The Balaban J connectivity index is 4.19. The first-order valence-corrected chi connectivity index (χ1v) is 7.68. The molecular weight excluding hydrogens is 180 g/mol. The molecule has 0 heterocycles. The van der Waals surface area contributed by atoms with Crippen molar-refractivity contribution in [2.75, 3.05) is 6.61 Å². The van der Waals surface area contributed by atoms with Gasteiger partial charge in [-0.05, 0) is 32.4 Å². The molecule has 1 unspecified atom stereocenters. The summed E-state index contributed by atoms with van der Waals surface area (Å²) in [6.07, 6.45) is 1.42. The molecule has 0 radical (unpaired) electrons. The molecule has 13 heavy (non-hydrogen) atoms. The minimum Gasteiger partial charge on any atom is -0.394 e. The highest BCUT2D eigenvalue weighted by atomic mass is 28.4.